The van der Waals surface area contributed by atoms with Gasteiger partial charge in [0.2, 0.25) is 0 Å². The van der Waals surface area contributed by atoms with Gasteiger partial charge in [-0.1, -0.05) is 227 Å². The number of hydrogen-bond acceptors (Lipinski definition) is 5. The van der Waals surface area contributed by atoms with Crippen molar-refractivity contribution >= 4 is 11.9 Å². The molecule has 1 atom stereocenters. The lowest BCUT2D eigenvalue weighted by molar-refractivity contribution is -0.163. The number of unbranched alkanes of at least 4 members (excludes halogenated alkanes) is 21. The van der Waals surface area contributed by atoms with Gasteiger partial charge in [0.25, 0.3) is 0 Å². The van der Waals surface area contributed by atoms with Crippen LogP contribution in [0.2, 0.25) is 0 Å². The molecular weight excluding hydrogens is 789 g/mol. The molecule has 0 radical (unpaired) electrons. The summed E-state index contributed by atoms with van der Waals surface area (Å²) in [6, 6.07) is 0. The van der Waals surface area contributed by atoms with E-state index >= 15 is 0 Å². The summed E-state index contributed by atoms with van der Waals surface area (Å²) >= 11 is 0. The fraction of sp³-hybridized carbons (Fsp3) is 0.695. The second kappa shape index (κ2) is 54.2. The topological polar surface area (TPSA) is 61.8 Å². The van der Waals surface area contributed by atoms with Crippen LogP contribution in [0.15, 0.2) is 97.2 Å². The fourth-order valence-corrected chi connectivity index (χ4v) is 7.20. The number of allylic oxidation sites excluding steroid dienone is 16. The molecule has 0 saturated carbocycles. The van der Waals surface area contributed by atoms with E-state index in [4.69, 9.17) is 14.2 Å². The molecule has 0 amide bonds. The van der Waals surface area contributed by atoms with Gasteiger partial charge in [-0.15, -0.1) is 0 Å². The molecule has 0 aliphatic heterocycles. The predicted octanol–water partition coefficient (Wildman–Crippen LogP) is 18.2. The predicted molar refractivity (Wildman–Crippen MR) is 279 cm³/mol. The molecule has 0 spiro atoms. The summed E-state index contributed by atoms with van der Waals surface area (Å²) in [5.74, 6) is -0.492. The highest BCUT2D eigenvalue weighted by molar-refractivity contribution is 5.70. The molecular formula is C59H100O5. The molecule has 5 heteroatoms. The Kier molecular flexibility index (Phi) is 51.5. The molecule has 0 saturated heterocycles. The Morgan fingerprint density at radius 1 is 0.359 bits per heavy atom. The van der Waals surface area contributed by atoms with Crippen LogP contribution in [-0.4, -0.2) is 37.9 Å². The van der Waals surface area contributed by atoms with Crippen LogP contribution in [0.4, 0.5) is 0 Å². The van der Waals surface area contributed by atoms with E-state index in [0.717, 1.165) is 103 Å². The van der Waals surface area contributed by atoms with Gasteiger partial charge in [-0.3, -0.25) is 9.59 Å². The Bertz CT molecular complexity index is 1230. The summed E-state index contributed by atoms with van der Waals surface area (Å²) in [7, 11) is 0. The Morgan fingerprint density at radius 2 is 0.703 bits per heavy atom. The van der Waals surface area contributed by atoms with Gasteiger partial charge in [-0.05, 0) is 96.3 Å². The molecule has 0 aromatic rings. The summed E-state index contributed by atoms with van der Waals surface area (Å²) in [5.41, 5.74) is 0. The van der Waals surface area contributed by atoms with Gasteiger partial charge in [0, 0.05) is 19.4 Å². The fourth-order valence-electron chi connectivity index (χ4n) is 7.20. The van der Waals surface area contributed by atoms with E-state index in [1.165, 1.54) is 103 Å². The molecule has 0 N–H and O–H groups in total. The molecule has 0 bridgehead atoms. The van der Waals surface area contributed by atoms with Crippen molar-refractivity contribution in [1.82, 2.24) is 0 Å². The van der Waals surface area contributed by atoms with Gasteiger partial charge in [-0.25, -0.2) is 0 Å². The van der Waals surface area contributed by atoms with E-state index in [9.17, 15) is 9.59 Å². The molecule has 0 aliphatic rings. The summed E-state index contributed by atoms with van der Waals surface area (Å²) in [6.45, 7) is 7.53. The summed E-state index contributed by atoms with van der Waals surface area (Å²) in [6.07, 6.45) is 72.9. The van der Waals surface area contributed by atoms with Crippen LogP contribution in [0.5, 0.6) is 0 Å². The highest BCUT2D eigenvalue weighted by Gasteiger charge is 2.17. The van der Waals surface area contributed by atoms with Crippen LogP contribution in [-0.2, 0) is 23.8 Å². The minimum atomic E-state index is -0.578. The van der Waals surface area contributed by atoms with E-state index in [0.29, 0.717) is 19.4 Å². The third-order valence-electron chi connectivity index (χ3n) is 11.1. The van der Waals surface area contributed by atoms with Gasteiger partial charge >= 0.3 is 11.9 Å². The van der Waals surface area contributed by atoms with Crippen molar-refractivity contribution in [2.45, 2.75) is 245 Å². The van der Waals surface area contributed by atoms with E-state index < -0.39 is 6.10 Å². The first-order valence-corrected chi connectivity index (χ1v) is 26.8. The number of hydrogen-bond donors (Lipinski definition) is 0. The maximum atomic E-state index is 12.8. The Balaban J connectivity index is 4.38. The molecule has 366 valence electrons. The normalized spacial score (nSPS) is 13.0. The molecule has 0 heterocycles. The van der Waals surface area contributed by atoms with E-state index in [1.807, 2.05) is 0 Å². The first kappa shape index (κ1) is 60.8. The summed E-state index contributed by atoms with van der Waals surface area (Å²) in [5, 5.41) is 0. The average molecular weight is 889 g/mol. The van der Waals surface area contributed by atoms with Crippen LogP contribution in [0, 0.1) is 0 Å². The second-order valence-electron chi connectivity index (χ2n) is 17.4. The van der Waals surface area contributed by atoms with Gasteiger partial charge in [0.05, 0.1) is 6.61 Å². The van der Waals surface area contributed by atoms with Crippen molar-refractivity contribution in [3.8, 4) is 0 Å². The number of carbonyl (C=O) groups excluding carboxylic acids is 2. The first-order valence-electron chi connectivity index (χ1n) is 26.8. The number of ether oxygens (including phenoxy) is 3. The number of carbonyl (C=O) groups is 2. The third-order valence-corrected chi connectivity index (χ3v) is 11.1. The SMILES string of the molecule is CC/C=C\C/C=C\C/C=C\C/C=C\CCCCC(=O)OCC(COCCCCCCCCCCCCCCCCCCCC)OC(=O)CCCC/C=C\C/C=C\C/C=C\C/C=C\CC. The smallest absolute Gasteiger partial charge is 0.306 e. The first-order chi connectivity index (χ1) is 31.6. The zero-order valence-electron chi connectivity index (χ0n) is 42.0. The van der Waals surface area contributed by atoms with Crippen molar-refractivity contribution in [3.05, 3.63) is 97.2 Å². The average Bonchev–Trinajstić information content (AvgIpc) is 3.30. The largest absolute Gasteiger partial charge is 0.462 e. The Hall–Kier alpha value is -3.18. The van der Waals surface area contributed by atoms with E-state index in [2.05, 4.69) is 118 Å². The summed E-state index contributed by atoms with van der Waals surface area (Å²) < 4.78 is 17.4. The molecule has 0 fully saturated rings. The van der Waals surface area contributed by atoms with Crippen molar-refractivity contribution in [3.63, 3.8) is 0 Å². The highest BCUT2D eigenvalue weighted by Crippen LogP contribution is 2.15. The minimum absolute atomic E-state index is 0.0442. The van der Waals surface area contributed by atoms with Crippen LogP contribution >= 0.6 is 0 Å². The van der Waals surface area contributed by atoms with Crippen LogP contribution in [0.3, 0.4) is 0 Å². The number of rotatable bonds is 48. The monoisotopic (exact) mass is 889 g/mol. The van der Waals surface area contributed by atoms with Gasteiger partial charge < -0.3 is 14.2 Å². The van der Waals surface area contributed by atoms with E-state index in [1.54, 1.807) is 0 Å². The molecule has 0 aromatic heterocycles. The van der Waals surface area contributed by atoms with Crippen molar-refractivity contribution in [1.29, 1.82) is 0 Å². The molecule has 0 aliphatic carbocycles. The van der Waals surface area contributed by atoms with E-state index in [-0.39, 0.29) is 25.2 Å². The minimum Gasteiger partial charge on any atom is -0.462 e. The lowest BCUT2D eigenvalue weighted by atomic mass is 10.0. The quantitative estimate of drug-likeness (QED) is 0.0346. The lowest BCUT2D eigenvalue weighted by Gasteiger charge is -2.18. The second-order valence-corrected chi connectivity index (χ2v) is 17.4. The van der Waals surface area contributed by atoms with Gasteiger partial charge in [0.1, 0.15) is 6.61 Å². The van der Waals surface area contributed by atoms with Crippen LogP contribution < -0.4 is 0 Å². The molecule has 64 heavy (non-hydrogen) atoms. The zero-order valence-corrected chi connectivity index (χ0v) is 42.0. The van der Waals surface area contributed by atoms with Crippen molar-refractivity contribution in [2.24, 2.45) is 0 Å². The van der Waals surface area contributed by atoms with Gasteiger partial charge in [-0.2, -0.15) is 0 Å². The van der Waals surface area contributed by atoms with Gasteiger partial charge in [0.15, 0.2) is 6.10 Å². The summed E-state index contributed by atoms with van der Waals surface area (Å²) in [4.78, 5) is 25.4. The maximum Gasteiger partial charge on any atom is 0.306 e. The maximum absolute atomic E-state index is 12.8. The lowest BCUT2D eigenvalue weighted by Crippen LogP contribution is -2.30. The van der Waals surface area contributed by atoms with Crippen molar-refractivity contribution in [2.75, 3.05) is 19.8 Å². The Morgan fingerprint density at radius 3 is 1.09 bits per heavy atom. The number of esters is 2. The molecule has 0 rings (SSSR count). The highest BCUT2D eigenvalue weighted by atomic mass is 16.6. The standard InChI is InChI=1S/C59H100O5/c1-4-7-10-13-16-19-22-25-28-29-30-33-36-39-42-45-48-51-54-62-55-57(64-59(61)53-50-47-44-41-38-35-32-27-24-21-18-15-12-9-6-3)56-63-58(60)52-49-46-43-40-37-34-31-26-23-20-17-14-11-8-5-2/h8-9,11-12,17-18,20-21,26-27,31-32,37-38,40-41,57H,4-7,10,13-16,19,22-25,28-30,33-36,39,42-56H2,1-3H3/b11-8-,12-9-,20-17-,21-18-,31-26-,32-27-,40-37-,41-38-. The third kappa shape index (κ3) is 51.5. The molecule has 0 aromatic carbocycles. The molecule has 1 unspecified atom stereocenters. The van der Waals surface area contributed by atoms with Crippen LogP contribution in [0.25, 0.3) is 0 Å². The van der Waals surface area contributed by atoms with Crippen molar-refractivity contribution < 1.29 is 23.8 Å². The Labute approximate surface area is 396 Å². The van der Waals surface area contributed by atoms with Crippen LogP contribution in [0.1, 0.15) is 239 Å². The molecule has 5 nitrogen and oxygen atoms in total. The zero-order chi connectivity index (χ0) is 46.3.